The van der Waals surface area contributed by atoms with Crippen molar-refractivity contribution < 1.29 is 9.53 Å². The first-order chi connectivity index (χ1) is 9.01. The van der Waals surface area contributed by atoms with Gasteiger partial charge in [0.1, 0.15) is 5.75 Å². The second-order valence-electron chi connectivity index (χ2n) is 4.79. The Morgan fingerprint density at radius 2 is 1.90 bits per heavy atom. The highest BCUT2D eigenvalue weighted by atomic mass is 35.5. The molecule has 114 valence electrons. The van der Waals surface area contributed by atoms with Gasteiger partial charge in [0.05, 0.1) is 19.2 Å². The molecule has 0 bridgehead atoms. The summed E-state index contributed by atoms with van der Waals surface area (Å²) in [7, 11) is 3.44. The molecule has 2 N–H and O–H groups in total. The lowest BCUT2D eigenvalue weighted by molar-refractivity contribution is -0.133. The lowest BCUT2D eigenvalue weighted by Gasteiger charge is -2.28. The van der Waals surface area contributed by atoms with Crippen molar-refractivity contribution in [3.63, 3.8) is 0 Å². The molecule has 20 heavy (non-hydrogen) atoms. The van der Waals surface area contributed by atoms with Crippen LogP contribution in [0.25, 0.3) is 0 Å². The number of nitrogens with zero attached hydrogens (tertiary/aromatic N) is 1. The maximum atomic E-state index is 12.1. The Hall–Kier alpha value is -1.26. The Morgan fingerprint density at radius 1 is 1.35 bits per heavy atom. The number of carbonyl (C=O) groups is 1. The average Bonchev–Trinajstić information content (AvgIpc) is 2.45. The molecular formula is C15H25ClN2O2. The van der Waals surface area contributed by atoms with Gasteiger partial charge in [-0.15, -0.1) is 12.4 Å². The van der Waals surface area contributed by atoms with Crippen molar-refractivity contribution in [1.82, 2.24) is 4.90 Å². The van der Waals surface area contributed by atoms with Gasteiger partial charge in [0.2, 0.25) is 5.91 Å². The monoisotopic (exact) mass is 300 g/mol. The zero-order chi connectivity index (χ0) is 14.4. The fraction of sp³-hybridized carbons (Fsp3) is 0.533. The highest BCUT2D eigenvalue weighted by Gasteiger charge is 2.22. The summed E-state index contributed by atoms with van der Waals surface area (Å²) in [6.45, 7) is 4.03. The number of likely N-dealkylation sites (N-methyl/N-ethyl adjacent to an activating group) is 1. The van der Waals surface area contributed by atoms with Gasteiger partial charge >= 0.3 is 0 Å². The third-order valence-electron chi connectivity index (χ3n) is 3.44. The van der Waals surface area contributed by atoms with Crippen molar-refractivity contribution in [2.45, 2.75) is 38.8 Å². The first-order valence-electron chi connectivity index (χ1n) is 6.67. The Morgan fingerprint density at radius 3 is 2.35 bits per heavy atom. The highest BCUT2D eigenvalue weighted by Crippen LogP contribution is 2.22. The molecule has 0 saturated heterocycles. The van der Waals surface area contributed by atoms with Gasteiger partial charge < -0.3 is 15.4 Å². The highest BCUT2D eigenvalue weighted by molar-refractivity contribution is 5.85. The molecule has 0 spiro atoms. The maximum Gasteiger partial charge on any atom is 0.239 e. The van der Waals surface area contributed by atoms with Crippen LogP contribution in [0.5, 0.6) is 5.75 Å². The van der Waals surface area contributed by atoms with E-state index in [0.29, 0.717) is 0 Å². The fourth-order valence-corrected chi connectivity index (χ4v) is 1.99. The Labute approximate surface area is 127 Å². The topological polar surface area (TPSA) is 55.6 Å². The number of benzene rings is 1. The molecule has 0 heterocycles. The third-order valence-corrected chi connectivity index (χ3v) is 3.44. The predicted octanol–water partition coefficient (Wildman–Crippen LogP) is 2.76. The van der Waals surface area contributed by atoms with E-state index in [4.69, 9.17) is 10.5 Å². The fourth-order valence-electron chi connectivity index (χ4n) is 1.99. The average molecular weight is 301 g/mol. The number of carbonyl (C=O) groups excluding carboxylic acids is 1. The zero-order valence-corrected chi connectivity index (χ0v) is 13.4. The van der Waals surface area contributed by atoms with Gasteiger partial charge in [-0.3, -0.25) is 4.79 Å². The molecule has 0 aliphatic heterocycles. The largest absolute Gasteiger partial charge is 0.497 e. The van der Waals surface area contributed by atoms with Gasteiger partial charge in [0, 0.05) is 7.05 Å². The van der Waals surface area contributed by atoms with Gasteiger partial charge in [-0.25, -0.2) is 0 Å². The number of rotatable bonds is 6. The lowest BCUT2D eigenvalue weighted by Crippen LogP contribution is -2.42. The number of nitrogens with two attached hydrogens (primary N) is 1. The van der Waals surface area contributed by atoms with Crippen LogP contribution in [0.3, 0.4) is 0 Å². The van der Waals surface area contributed by atoms with Crippen molar-refractivity contribution in [3.8, 4) is 5.75 Å². The number of ether oxygens (including phenoxy) is 1. The van der Waals surface area contributed by atoms with Crippen molar-refractivity contribution in [2.24, 2.45) is 5.73 Å². The van der Waals surface area contributed by atoms with Crippen LogP contribution < -0.4 is 10.5 Å². The smallest absolute Gasteiger partial charge is 0.239 e. The summed E-state index contributed by atoms with van der Waals surface area (Å²) >= 11 is 0. The summed E-state index contributed by atoms with van der Waals surface area (Å²) in [5.41, 5.74) is 6.95. The molecular weight excluding hydrogens is 276 g/mol. The van der Waals surface area contributed by atoms with Crippen LogP contribution in [0.2, 0.25) is 0 Å². The third kappa shape index (κ3) is 4.69. The summed E-state index contributed by atoms with van der Waals surface area (Å²) in [4.78, 5) is 13.9. The Kier molecular flexibility index (Phi) is 8.26. The molecule has 1 amide bonds. The van der Waals surface area contributed by atoms with E-state index < -0.39 is 6.04 Å². The minimum absolute atomic E-state index is 0. The van der Waals surface area contributed by atoms with E-state index >= 15 is 0 Å². The molecule has 1 aromatic rings. The van der Waals surface area contributed by atoms with Crippen LogP contribution in [0.1, 0.15) is 38.3 Å². The summed E-state index contributed by atoms with van der Waals surface area (Å²) in [6, 6.07) is 7.33. The number of halogens is 1. The van der Waals surface area contributed by atoms with Crippen molar-refractivity contribution in [2.75, 3.05) is 14.2 Å². The van der Waals surface area contributed by atoms with Gasteiger partial charge in [-0.2, -0.15) is 0 Å². The van der Waals surface area contributed by atoms with Crippen LogP contribution in [-0.4, -0.2) is 31.0 Å². The number of amides is 1. The van der Waals surface area contributed by atoms with Gasteiger partial charge in [-0.1, -0.05) is 25.5 Å². The minimum Gasteiger partial charge on any atom is -0.497 e. The van der Waals surface area contributed by atoms with Crippen LogP contribution >= 0.6 is 12.4 Å². The summed E-state index contributed by atoms with van der Waals surface area (Å²) in [5.74, 6) is 0.804. The number of methoxy groups -OCH3 is 1. The molecule has 1 rings (SSSR count). The molecule has 0 radical (unpaired) electrons. The van der Waals surface area contributed by atoms with Gasteiger partial charge in [0.15, 0.2) is 0 Å². The molecule has 1 aromatic carbocycles. The Bertz CT molecular complexity index is 409. The summed E-state index contributed by atoms with van der Waals surface area (Å²) in [5, 5.41) is 0. The SMILES string of the molecule is CCCC(N)C(=O)N(C)C(C)c1ccc(OC)cc1.Cl. The molecule has 0 fully saturated rings. The molecule has 2 atom stereocenters. The van der Waals surface area contributed by atoms with Gasteiger partial charge in [-0.05, 0) is 31.0 Å². The van der Waals surface area contributed by atoms with Crippen LogP contribution in [-0.2, 0) is 4.79 Å². The first kappa shape index (κ1) is 18.7. The van der Waals surface area contributed by atoms with E-state index in [-0.39, 0.29) is 24.4 Å². The molecule has 0 aromatic heterocycles. The number of hydrogen-bond donors (Lipinski definition) is 1. The van der Waals surface area contributed by atoms with E-state index in [1.165, 1.54) is 0 Å². The molecule has 0 aliphatic rings. The van der Waals surface area contributed by atoms with Crippen molar-refractivity contribution in [1.29, 1.82) is 0 Å². The molecule has 2 unspecified atom stereocenters. The maximum absolute atomic E-state index is 12.1. The van der Waals surface area contributed by atoms with E-state index in [0.717, 1.165) is 24.2 Å². The number of hydrogen-bond acceptors (Lipinski definition) is 3. The summed E-state index contributed by atoms with van der Waals surface area (Å²) < 4.78 is 5.13. The minimum atomic E-state index is -0.407. The van der Waals surface area contributed by atoms with Crippen LogP contribution in [0, 0.1) is 0 Å². The van der Waals surface area contributed by atoms with Crippen LogP contribution in [0.4, 0.5) is 0 Å². The zero-order valence-electron chi connectivity index (χ0n) is 12.6. The molecule has 0 saturated carbocycles. The predicted molar refractivity (Wildman–Crippen MR) is 84.3 cm³/mol. The standard InChI is InChI=1S/C15H24N2O2.ClH/c1-5-6-14(16)15(18)17(3)11(2)12-7-9-13(19-4)10-8-12;/h7-11,14H,5-6,16H2,1-4H3;1H. The van der Waals surface area contributed by atoms with E-state index in [9.17, 15) is 4.79 Å². The summed E-state index contributed by atoms with van der Waals surface area (Å²) in [6.07, 6.45) is 1.64. The van der Waals surface area contributed by atoms with Crippen molar-refractivity contribution in [3.05, 3.63) is 29.8 Å². The normalized spacial score (nSPS) is 13.1. The second-order valence-corrected chi connectivity index (χ2v) is 4.79. The van der Waals surface area contributed by atoms with Crippen molar-refractivity contribution >= 4 is 18.3 Å². The second kappa shape index (κ2) is 8.82. The quantitative estimate of drug-likeness (QED) is 0.879. The first-order valence-corrected chi connectivity index (χ1v) is 6.67. The molecule has 5 heteroatoms. The van der Waals surface area contributed by atoms with E-state index in [2.05, 4.69) is 0 Å². The van der Waals surface area contributed by atoms with E-state index in [1.807, 2.05) is 38.1 Å². The van der Waals surface area contributed by atoms with E-state index in [1.54, 1.807) is 19.1 Å². The Balaban J connectivity index is 0.00000361. The molecule has 4 nitrogen and oxygen atoms in total. The van der Waals surface area contributed by atoms with Crippen LogP contribution in [0.15, 0.2) is 24.3 Å². The lowest BCUT2D eigenvalue weighted by atomic mass is 10.1. The van der Waals surface area contributed by atoms with Gasteiger partial charge in [0.25, 0.3) is 0 Å². The molecule has 0 aliphatic carbocycles.